The Labute approximate surface area is 199 Å². The number of Topliss-reactive ketones (excluding diaryl/α,β-unsaturated/α-hetero) is 1. The van der Waals surface area contributed by atoms with Crippen molar-refractivity contribution in [1.82, 2.24) is 19.6 Å². The van der Waals surface area contributed by atoms with Gasteiger partial charge in [-0.3, -0.25) is 14.3 Å². The molecule has 2 aliphatic heterocycles. The van der Waals surface area contributed by atoms with Crippen molar-refractivity contribution in [1.29, 1.82) is 0 Å². The first kappa shape index (κ1) is 23.8. The van der Waals surface area contributed by atoms with E-state index in [0.29, 0.717) is 47.1 Å². The molecule has 0 spiro atoms. The average molecular weight is 469 g/mol. The van der Waals surface area contributed by atoms with Crippen molar-refractivity contribution in [3.63, 3.8) is 0 Å². The van der Waals surface area contributed by atoms with Gasteiger partial charge in [0, 0.05) is 31.4 Å². The lowest BCUT2D eigenvalue weighted by molar-refractivity contribution is -0.140. The number of carbonyl (C=O) groups excluding carboxylic acids is 2. The Balaban J connectivity index is 1.89. The SMILES string of the molecule is COc1ccc(OC)c(C2/C(=C(\O)c3c(C)nn(C)c3C)C(=O)C(=O)N2CCN2CCCC2)c1. The number of hydrogen-bond donors (Lipinski definition) is 1. The predicted octanol–water partition coefficient (Wildman–Crippen LogP) is 2.57. The first-order valence-corrected chi connectivity index (χ1v) is 11.5. The maximum Gasteiger partial charge on any atom is 0.295 e. The van der Waals surface area contributed by atoms with Gasteiger partial charge in [-0.2, -0.15) is 5.10 Å². The number of nitrogens with zero attached hydrogens (tertiary/aromatic N) is 4. The maximum absolute atomic E-state index is 13.4. The third-order valence-corrected chi connectivity index (χ3v) is 6.87. The van der Waals surface area contributed by atoms with Crippen LogP contribution in [0.25, 0.3) is 5.76 Å². The number of ether oxygens (including phenoxy) is 2. The van der Waals surface area contributed by atoms with Gasteiger partial charge in [0.05, 0.1) is 37.1 Å². The molecule has 0 saturated carbocycles. The molecule has 0 radical (unpaired) electrons. The standard InChI is InChI=1S/C25H32N4O5/c1-15-20(16(2)27(3)26-15)23(30)21-22(18-14-17(33-4)8-9-19(18)34-5)29(25(32)24(21)31)13-12-28-10-6-7-11-28/h8-9,14,22,30H,6-7,10-13H2,1-5H3/b23-21+. The molecule has 2 fully saturated rings. The molecule has 2 aromatic rings. The van der Waals surface area contributed by atoms with E-state index < -0.39 is 17.7 Å². The summed E-state index contributed by atoms with van der Waals surface area (Å²) in [6.45, 7) is 6.56. The van der Waals surface area contributed by atoms with Gasteiger partial charge in [0.15, 0.2) is 0 Å². The molecular formula is C25H32N4O5. The third-order valence-electron chi connectivity index (χ3n) is 6.87. The van der Waals surface area contributed by atoms with Gasteiger partial charge < -0.3 is 24.4 Å². The van der Waals surface area contributed by atoms with E-state index in [0.717, 1.165) is 25.9 Å². The highest BCUT2D eigenvalue weighted by molar-refractivity contribution is 6.46. The van der Waals surface area contributed by atoms with Crippen molar-refractivity contribution in [2.45, 2.75) is 32.7 Å². The molecule has 9 heteroatoms. The van der Waals surface area contributed by atoms with Crippen molar-refractivity contribution in [2.24, 2.45) is 7.05 Å². The fourth-order valence-electron chi connectivity index (χ4n) is 4.99. The second-order valence-corrected chi connectivity index (χ2v) is 8.82. The number of benzene rings is 1. The lowest BCUT2D eigenvalue weighted by Crippen LogP contribution is -2.37. The van der Waals surface area contributed by atoms with Crippen LogP contribution in [0.5, 0.6) is 11.5 Å². The number of aryl methyl sites for hydroxylation is 2. The molecule has 9 nitrogen and oxygen atoms in total. The summed E-state index contributed by atoms with van der Waals surface area (Å²) in [7, 11) is 4.87. The first-order chi connectivity index (χ1) is 16.3. The molecule has 1 aromatic heterocycles. The number of rotatable bonds is 7. The molecule has 0 bridgehead atoms. The summed E-state index contributed by atoms with van der Waals surface area (Å²) >= 11 is 0. The number of amides is 1. The summed E-state index contributed by atoms with van der Waals surface area (Å²) in [6, 6.07) is 4.45. The van der Waals surface area contributed by atoms with Crippen molar-refractivity contribution in [2.75, 3.05) is 40.4 Å². The van der Waals surface area contributed by atoms with Gasteiger partial charge in [0.1, 0.15) is 17.3 Å². The average Bonchev–Trinajstić information content (AvgIpc) is 3.50. The van der Waals surface area contributed by atoms with E-state index >= 15 is 0 Å². The number of ketones is 1. The molecule has 1 atom stereocenters. The van der Waals surface area contributed by atoms with E-state index in [1.807, 2.05) is 6.92 Å². The highest BCUT2D eigenvalue weighted by Crippen LogP contribution is 2.44. The smallest absolute Gasteiger partial charge is 0.295 e. The predicted molar refractivity (Wildman–Crippen MR) is 127 cm³/mol. The largest absolute Gasteiger partial charge is 0.507 e. The third kappa shape index (κ3) is 4.04. The van der Waals surface area contributed by atoms with Crippen LogP contribution in [0.2, 0.25) is 0 Å². The normalized spacial score (nSPS) is 20.4. The van der Waals surface area contributed by atoms with Gasteiger partial charge in [0.2, 0.25) is 0 Å². The number of hydrogen-bond acceptors (Lipinski definition) is 7. The Morgan fingerprint density at radius 1 is 1.12 bits per heavy atom. The van der Waals surface area contributed by atoms with Gasteiger partial charge in [-0.1, -0.05) is 0 Å². The Morgan fingerprint density at radius 3 is 2.41 bits per heavy atom. The van der Waals surface area contributed by atoms with Crippen LogP contribution < -0.4 is 9.47 Å². The molecular weight excluding hydrogens is 436 g/mol. The van der Waals surface area contributed by atoms with E-state index in [1.54, 1.807) is 48.9 Å². The quantitative estimate of drug-likeness (QED) is 0.379. The minimum Gasteiger partial charge on any atom is -0.507 e. The molecule has 1 N–H and O–H groups in total. The highest BCUT2D eigenvalue weighted by atomic mass is 16.5. The van der Waals surface area contributed by atoms with Crippen LogP contribution in [-0.4, -0.2) is 76.8 Å². The molecule has 1 amide bonds. The molecule has 2 saturated heterocycles. The van der Waals surface area contributed by atoms with Gasteiger partial charge in [0.25, 0.3) is 11.7 Å². The van der Waals surface area contributed by atoms with Crippen molar-refractivity contribution in [3.8, 4) is 11.5 Å². The van der Waals surface area contributed by atoms with Crippen LogP contribution in [0.4, 0.5) is 0 Å². The molecule has 0 aliphatic carbocycles. The lowest BCUT2D eigenvalue weighted by Gasteiger charge is -2.28. The summed E-state index contributed by atoms with van der Waals surface area (Å²) < 4.78 is 12.7. The summed E-state index contributed by atoms with van der Waals surface area (Å²) in [5, 5.41) is 15.8. The minimum absolute atomic E-state index is 0.0391. The van der Waals surface area contributed by atoms with E-state index in [1.165, 1.54) is 7.11 Å². The van der Waals surface area contributed by atoms with Gasteiger partial charge in [-0.15, -0.1) is 0 Å². The molecule has 4 rings (SSSR count). The monoisotopic (exact) mass is 468 g/mol. The van der Waals surface area contributed by atoms with E-state index in [-0.39, 0.29) is 11.3 Å². The lowest BCUT2D eigenvalue weighted by atomic mass is 9.94. The summed E-state index contributed by atoms with van der Waals surface area (Å²) in [5.74, 6) is -0.495. The Morgan fingerprint density at radius 2 is 1.82 bits per heavy atom. The molecule has 34 heavy (non-hydrogen) atoms. The Hall–Kier alpha value is -3.33. The fraction of sp³-hybridized carbons (Fsp3) is 0.480. The van der Waals surface area contributed by atoms with Gasteiger partial charge in [-0.05, 0) is 58.0 Å². The zero-order valence-electron chi connectivity index (χ0n) is 20.4. The second-order valence-electron chi connectivity index (χ2n) is 8.82. The zero-order chi connectivity index (χ0) is 24.6. The van der Waals surface area contributed by atoms with Crippen LogP contribution in [0.15, 0.2) is 23.8 Å². The van der Waals surface area contributed by atoms with Crippen LogP contribution >= 0.6 is 0 Å². The molecule has 3 heterocycles. The first-order valence-electron chi connectivity index (χ1n) is 11.5. The highest BCUT2D eigenvalue weighted by Gasteiger charge is 2.47. The topological polar surface area (TPSA) is 97.1 Å². The van der Waals surface area contributed by atoms with Crippen LogP contribution in [0, 0.1) is 13.8 Å². The molecule has 1 unspecified atom stereocenters. The Bertz CT molecular complexity index is 1150. The Kier molecular flexibility index (Phi) is 6.65. The van der Waals surface area contributed by atoms with E-state index in [9.17, 15) is 14.7 Å². The van der Waals surface area contributed by atoms with Crippen molar-refractivity contribution < 1.29 is 24.2 Å². The minimum atomic E-state index is -0.813. The number of likely N-dealkylation sites (tertiary alicyclic amines) is 2. The van der Waals surface area contributed by atoms with Gasteiger partial charge >= 0.3 is 0 Å². The second kappa shape index (κ2) is 9.50. The van der Waals surface area contributed by atoms with Crippen LogP contribution in [0.3, 0.4) is 0 Å². The van der Waals surface area contributed by atoms with Gasteiger partial charge in [-0.25, -0.2) is 0 Å². The van der Waals surface area contributed by atoms with Crippen molar-refractivity contribution >= 4 is 17.4 Å². The fourth-order valence-corrected chi connectivity index (χ4v) is 4.99. The van der Waals surface area contributed by atoms with Crippen LogP contribution in [0.1, 0.15) is 41.4 Å². The molecule has 182 valence electrons. The maximum atomic E-state index is 13.4. The number of aliphatic hydroxyl groups excluding tert-OH is 1. The zero-order valence-corrected chi connectivity index (χ0v) is 20.4. The number of aliphatic hydroxyl groups is 1. The number of aromatic nitrogens is 2. The van der Waals surface area contributed by atoms with Crippen molar-refractivity contribution in [3.05, 3.63) is 46.3 Å². The van der Waals surface area contributed by atoms with E-state index in [2.05, 4.69) is 10.00 Å². The van der Waals surface area contributed by atoms with E-state index in [4.69, 9.17) is 9.47 Å². The summed E-state index contributed by atoms with van der Waals surface area (Å²) in [4.78, 5) is 30.5. The molecule has 1 aromatic carbocycles. The molecule has 2 aliphatic rings. The number of carbonyl (C=O) groups is 2. The summed E-state index contributed by atoms with van der Waals surface area (Å²) in [6.07, 6.45) is 2.26. The van der Waals surface area contributed by atoms with Crippen LogP contribution in [-0.2, 0) is 16.6 Å². The number of methoxy groups -OCH3 is 2. The summed E-state index contributed by atoms with van der Waals surface area (Å²) in [5.41, 5.74) is 2.37.